The average Bonchev–Trinajstić information content (AvgIpc) is 2.51. The van der Waals surface area contributed by atoms with Crippen LogP contribution in [0.2, 0.25) is 0 Å². The third-order valence-electron chi connectivity index (χ3n) is 2.54. The van der Waals surface area contributed by atoms with Gasteiger partial charge >= 0.3 is 0 Å². The van der Waals surface area contributed by atoms with E-state index in [1.165, 1.54) is 50.0 Å². The summed E-state index contributed by atoms with van der Waals surface area (Å²) >= 11 is 0. The molecule has 1 N–H and O–H groups in total. The number of aryl methyl sites for hydroxylation is 2. The molecule has 66 valence electrons. The van der Waals surface area contributed by atoms with Crippen LogP contribution in [0.1, 0.15) is 43.6 Å². The molecule has 2 heterocycles. The average molecular weight is 164 g/mol. The molecule has 1 aliphatic heterocycles. The van der Waals surface area contributed by atoms with E-state index in [4.69, 9.17) is 0 Å². The van der Waals surface area contributed by atoms with Crippen molar-refractivity contribution >= 4 is 0 Å². The van der Waals surface area contributed by atoms with Crippen LogP contribution in [-0.2, 0) is 12.8 Å². The Kier molecular flexibility index (Phi) is 2.45. The lowest BCUT2D eigenvalue weighted by atomic mass is 10.1. The van der Waals surface area contributed by atoms with Crippen molar-refractivity contribution < 1.29 is 0 Å². The minimum atomic E-state index is 1.14. The lowest BCUT2D eigenvalue weighted by molar-refractivity contribution is 0.597. The largest absolute Gasteiger partial charge is 0.346 e. The van der Waals surface area contributed by atoms with E-state index >= 15 is 0 Å². The zero-order chi connectivity index (χ0) is 8.23. The first-order valence-electron chi connectivity index (χ1n) is 4.98. The van der Waals surface area contributed by atoms with Crippen molar-refractivity contribution in [1.82, 2.24) is 9.97 Å². The second-order valence-corrected chi connectivity index (χ2v) is 3.62. The van der Waals surface area contributed by atoms with Gasteiger partial charge in [-0.3, -0.25) is 0 Å². The van der Waals surface area contributed by atoms with Gasteiger partial charge in [0.2, 0.25) is 0 Å². The van der Waals surface area contributed by atoms with Crippen molar-refractivity contribution in [3.63, 3.8) is 0 Å². The highest BCUT2D eigenvalue weighted by molar-refractivity contribution is 5.01. The van der Waals surface area contributed by atoms with Crippen molar-refractivity contribution in [3.8, 4) is 0 Å². The van der Waals surface area contributed by atoms with Crippen LogP contribution >= 0.6 is 0 Å². The standard InChI is InChI=1S/C10H16N2/c1-2-4-6-9-8-11-10(12-9)7-5-3-1/h8H,1-7H2,(H,11,12). The molecule has 1 aromatic heterocycles. The third kappa shape index (κ3) is 1.87. The molecule has 2 nitrogen and oxygen atoms in total. The van der Waals surface area contributed by atoms with Crippen LogP contribution < -0.4 is 0 Å². The summed E-state index contributed by atoms with van der Waals surface area (Å²) in [7, 11) is 0. The van der Waals surface area contributed by atoms with E-state index in [0.717, 1.165) is 6.42 Å². The molecular weight excluding hydrogens is 148 g/mol. The summed E-state index contributed by atoms with van der Waals surface area (Å²) in [5, 5.41) is 0. The molecule has 2 rings (SSSR count). The maximum atomic E-state index is 4.34. The molecular formula is C10H16N2. The summed E-state index contributed by atoms with van der Waals surface area (Å²) in [6.45, 7) is 0. The molecule has 0 aromatic carbocycles. The van der Waals surface area contributed by atoms with E-state index in [-0.39, 0.29) is 0 Å². The molecule has 0 atom stereocenters. The van der Waals surface area contributed by atoms with Gasteiger partial charge in [-0.05, 0) is 19.3 Å². The van der Waals surface area contributed by atoms with Crippen LogP contribution in [0.4, 0.5) is 0 Å². The topological polar surface area (TPSA) is 28.7 Å². The molecule has 0 fully saturated rings. The fraction of sp³-hybridized carbons (Fsp3) is 0.700. The molecule has 0 unspecified atom stereocenters. The molecule has 2 heteroatoms. The van der Waals surface area contributed by atoms with Crippen LogP contribution in [0.3, 0.4) is 0 Å². The van der Waals surface area contributed by atoms with E-state index in [9.17, 15) is 0 Å². The minimum absolute atomic E-state index is 1.14. The number of imidazole rings is 1. The van der Waals surface area contributed by atoms with Crippen molar-refractivity contribution in [3.05, 3.63) is 17.7 Å². The van der Waals surface area contributed by atoms with Gasteiger partial charge in [-0.2, -0.15) is 0 Å². The first kappa shape index (κ1) is 7.84. The molecule has 0 saturated carbocycles. The normalized spacial score (nSPS) is 19.0. The van der Waals surface area contributed by atoms with Crippen molar-refractivity contribution in [2.24, 2.45) is 0 Å². The molecule has 0 radical (unpaired) electrons. The highest BCUT2D eigenvalue weighted by Crippen LogP contribution is 2.12. The number of nitrogens with zero attached hydrogens (tertiary/aromatic N) is 1. The van der Waals surface area contributed by atoms with Crippen LogP contribution in [0.5, 0.6) is 0 Å². The zero-order valence-electron chi connectivity index (χ0n) is 7.47. The Morgan fingerprint density at radius 1 is 1.00 bits per heavy atom. The highest BCUT2D eigenvalue weighted by atomic mass is 14.9. The number of H-pyrrole nitrogens is 1. The number of fused-ring (bicyclic) bond motifs is 2. The number of aromatic nitrogens is 2. The number of hydrogen-bond donors (Lipinski definition) is 1. The van der Waals surface area contributed by atoms with Crippen molar-refractivity contribution in [2.45, 2.75) is 44.9 Å². The molecule has 12 heavy (non-hydrogen) atoms. The van der Waals surface area contributed by atoms with Crippen molar-refractivity contribution in [2.75, 3.05) is 0 Å². The molecule has 0 aliphatic carbocycles. The van der Waals surface area contributed by atoms with Crippen LogP contribution in [-0.4, -0.2) is 9.97 Å². The Bertz CT molecular complexity index is 217. The quantitative estimate of drug-likeness (QED) is 0.627. The van der Waals surface area contributed by atoms with Gasteiger partial charge < -0.3 is 4.98 Å². The first-order valence-corrected chi connectivity index (χ1v) is 4.98. The van der Waals surface area contributed by atoms with E-state index < -0.39 is 0 Å². The second kappa shape index (κ2) is 3.74. The molecule has 0 amide bonds. The minimum Gasteiger partial charge on any atom is -0.346 e. The maximum Gasteiger partial charge on any atom is 0.106 e. The van der Waals surface area contributed by atoms with E-state index in [2.05, 4.69) is 9.97 Å². The van der Waals surface area contributed by atoms with Gasteiger partial charge in [-0.25, -0.2) is 4.98 Å². The maximum absolute atomic E-state index is 4.34. The molecule has 1 aliphatic rings. The van der Waals surface area contributed by atoms with Crippen LogP contribution in [0, 0.1) is 0 Å². The van der Waals surface area contributed by atoms with Gasteiger partial charge in [-0.15, -0.1) is 0 Å². The number of nitrogens with one attached hydrogen (secondary N) is 1. The summed E-state index contributed by atoms with van der Waals surface area (Å²) < 4.78 is 0. The predicted octanol–water partition coefficient (Wildman–Crippen LogP) is 2.46. The van der Waals surface area contributed by atoms with Crippen molar-refractivity contribution in [1.29, 1.82) is 0 Å². The Morgan fingerprint density at radius 2 is 1.75 bits per heavy atom. The van der Waals surface area contributed by atoms with Gasteiger partial charge in [-0.1, -0.05) is 19.3 Å². The molecule has 1 aromatic rings. The predicted molar refractivity (Wildman–Crippen MR) is 49.1 cm³/mol. The number of rotatable bonds is 0. The fourth-order valence-corrected chi connectivity index (χ4v) is 1.80. The summed E-state index contributed by atoms with van der Waals surface area (Å²) in [5.74, 6) is 1.19. The van der Waals surface area contributed by atoms with Gasteiger partial charge in [0, 0.05) is 18.3 Å². The Balaban J connectivity index is 2.06. The fourth-order valence-electron chi connectivity index (χ4n) is 1.80. The Morgan fingerprint density at radius 3 is 2.67 bits per heavy atom. The molecule has 0 spiro atoms. The molecule has 2 bridgehead atoms. The van der Waals surface area contributed by atoms with Gasteiger partial charge in [0.1, 0.15) is 5.82 Å². The number of hydrogen-bond acceptors (Lipinski definition) is 1. The van der Waals surface area contributed by atoms with Crippen LogP contribution in [0.25, 0.3) is 0 Å². The summed E-state index contributed by atoms with van der Waals surface area (Å²) in [6.07, 6.45) is 11.1. The SMILES string of the molecule is c1nc2[nH]c1CCCCCCC2. The van der Waals surface area contributed by atoms with Gasteiger partial charge in [0.15, 0.2) is 0 Å². The van der Waals surface area contributed by atoms with E-state index in [1.807, 2.05) is 6.20 Å². The highest BCUT2D eigenvalue weighted by Gasteiger charge is 2.03. The summed E-state index contributed by atoms with van der Waals surface area (Å²) in [6, 6.07) is 0. The third-order valence-corrected chi connectivity index (χ3v) is 2.54. The van der Waals surface area contributed by atoms with E-state index in [1.54, 1.807) is 0 Å². The zero-order valence-corrected chi connectivity index (χ0v) is 7.47. The lowest BCUT2D eigenvalue weighted by Crippen LogP contribution is -1.93. The monoisotopic (exact) mass is 164 g/mol. The Hall–Kier alpha value is -0.790. The van der Waals surface area contributed by atoms with Gasteiger partial charge in [0.25, 0.3) is 0 Å². The van der Waals surface area contributed by atoms with Crippen LogP contribution in [0.15, 0.2) is 6.20 Å². The first-order chi connectivity index (χ1) is 5.95. The smallest absolute Gasteiger partial charge is 0.106 e. The molecule has 0 saturated heterocycles. The lowest BCUT2D eigenvalue weighted by Gasteiger charge is -2.02. The van der Waals surface area contributed by atoms with Gasteiger partial charge in [0.05, 0.1) is 0 Å². The second-order valence-electron chi connectivity index (χ2n) is 3.62. The summed E-state index contributed by atoms with van der Waals surface area (Å²) in [4.78, 5) is 7.72. The summed E-state index contributed by atoms with van der Waals surface area (Å²) in [5.41, 5.74) is 1.33. The number of aromatic amines is 1. The Labute approximate surface area is 73.4 Å². The van der Waals surface area contributed by atoms with E-state index in [0.29, 0.717) is 0 Å².